The Morgan fingerprint density at radius 2 is 2.00 bits per heavy atom. The molecule has 20 heavy (non-hydrogen) atoms. The monoisotopic (exact) mass is 288 g/mol. The number of anilines is 1. The molecule has 6 heteroatoms. The summed E-state index contributed by atoms with van der Waals surface area (Å²) in [6, 6.07) is 9.42. The van der Waals surface area contributed by atoms with Crippen LogP contribution in [0, 0.1) is 11.3 Å². The van der Waals surface area contributed by atoms with E-state index in [2.05, 4.69) is 15.3 Å². The van der Waals surface area contributed by atoms with Gasteiger partial charge in [0, 0.05) is 31.1 Å². The molecule has 0 radical (unpaired) electrons. The predicted molar refractivity (Wildman–Crippen MR) is 76.4 cm³/mol. The van der Waals surface area contributed by atoms with Crippen molar-refractivity contribution in [3.05, 3.63) is 52.9 Å². The van der Waals surface area contributed by atoms with Crippen molar-refractivity contribution < 1.29 is 4.74 Å². The number of methoxy groups -OCH3 is 1. The fourth-order valence-electron chi connectivity index (χ4n) is 1.75. The van der Waals surface area contributed by atoms with E-state index in [1.165, 1.54) is 12.4 Å². The Labute approximate surface area is 122 Å². The summed E-state index contributed by atoms with van der Waals surface area (Å²) < 4.78 is 5.43. The fourth-order valence-corrected chi connectivity index (χ4v) is 1.88. The number of halogens is 1. The number of rotatable bonds is 5. The zero-order chi connectivity index (χ0) is 14.4. The summed E-state index contributed by atoms with van der Waals surface area (Å²) in [7, 11) is 1.63. The number of nitriles is 1. The number of benzene rings is 1. The fraction of sp³-hybridized carbons (Fsp3) is 0.214. The molecule has 5 nitrogen and oxygen atoms in total. The summed E-state index contributed by atoms with van der Waals surface area (Å²) in [4.78, 5) is 8.03. The van der Waals surface area contributed by atoms with E-state index in [1.54, 1.807) is 7.11 Å². The number of ether oxygens (including phenoxy) is 1. The third-order valence-corrected chi connectivity index (χ3v) is 3.04. The Hall–Kier alpha value is -2.16. The molecule has 1 aromatic heterocycles. The summed E-state index contributed by atoms with van der Waals surface area (Å²) in [6.45, 7) is 0.478. The predicted octanol–water partition coefficient (Wildman–Crippen LogP) is 2.80. The maximum Gasteiger partial charge on any atom is 0.182 e. The van der Waals surface area contributed by atoms with Crippen LogP contribution in [-0.4, -0.2) is 23.6 Å². The second-order valence-corrected chi connectivity index (χ2v) is 4.46. The lowest BCUT2D eigenvalue weighted by atomic mass is 10.1. The average molecular weight is 289 g/mol. The van der Waals surface area contributed by atoms with E-state index < -0.39 is 0 Å². The number of nitrogens with zero attached hydrogens (tertiary/aromatic N) is 3. The number of aromatic nitrogens is 2. The summed E-state index contributed by atoms with van der Waals surface area (Å²) in [5.41, 5.74) is 1.25. The molecule has 0 unspecified atom stereocenters. The molecule has 0 aliphatic rings. The number of nitrogens with one attached hydrogen (secondary N) is 1. The first kappa shape index (κ1) is 14.3. The molecule has 0 fully saturated rings. The molecule has 1 atom stereocenters. The minimum Gasteiger partial charge on any atom is -0.375 e. The zero-order valence-corrected chi connectivity index (χ0v) is 11.6. The third kappa shape index (κ3) is 3.44. The molecule has 0 saturated carbocycles. The van der Waals surface area contributed by atoms with Gasteiger partial charge >= 0.3 is 0 Å². The quantitative estimate of drug-likeness (QED) is 0.916. The largest absolute Gasteiger partial charge is 0.375 e. The van der Waals surface area contributed by atoms with Crippen molar-refractivity contribution in [3.8, 4) is 6.07 Å². The third-order valence-electron chi connectivity index (χ3n) is 2.79. The molecule has 1 heterocycles. The van der Waals surface area contributed by atoms with Gasteiger partial charge in [-0.05, 0) is 17.7 Å². The number of hydrogen-bond acceptors (Lipinski definition) is 5. The van der Waals surface area contributed by atoms with E-state index in [9.17, 15) is 0 Å². The van der Waals surface area contributed by atoms with Crippen molar-refractivity contribution in [2.45, 2.75) is 6.10 Å². The molecule has 102 valence electrons. The standard InChI is InChI=1S/C14H13ClN4O/c1-20-13(10-2-4-11(15)5-3-10)9-19-14-12(8-16)17-6-7-18-14/h2-7,13H,9H2,1H3,(H,18,19)/t13-/m1/s1. The molecule has 1 N–H and O–H groups in total. The molecule has 0 amide bonds. The van der Waals surface area contributed by atoms with Crippen molar-refractivity contribution in [2.75, 3.05) is 19.0 Å². The average Bonchev–Trinajstić information content (AvgIpc) is 2.50. The molecule has 0 bridgehead atoms. The molecule has 2 rings (SSSR count). The second-order valence-electron chi connectivity index (χ2n) is 4.02. The minimum atomic E-state index is -0.166. The minimum absolute atomic E-state index is 0.166. The topological polar surface area (TPSA) is 70.8 Å². The first-order valence-electron chi connectivity index (χ1n) is 5.98. The van der Waals surface area contributed by atoms with Crippen LogP contribution in [0.4, 0.5) is 5.82 Å². The van der Waals surface area contributed by atoms with Gasteiger partial charge in [0.15, 0.2) is 11.5 Å². The van der Waals surface area contributed by atoms with Crippen LogP contribution in [0.15, 0.2) is 36.7 Å². The van der Waals surface area contributed by atoms with Crippen LogP contribution in [0.5, 0.6) is 0 Å². The molecule has 0 aliphatic carbocycles. The molecular weight excluding hydrogens is 276 g/mol. The van der Waals surface area contributed by atoms with Gasteiger partial charge in [0.2, 0.25) is 0 Å². The summed E-state index contributed by atoms with van der Waals surface area (Å²) in [5, 5.41) is 12.7. The van der Waals surface area contributed by atoms with E-state index in [0.717, 1.165) is 5.56 Å². The highest BCUT2D eigenvalue weighted by molar-refractivity contribution is 6.30. The lowest BCUT2D eigenvalue weighted by molar-refractivity contribution is 0.114. The van der Waals surface area contributed by atoms with Crippen LogP contribution in [0.25, 0.3) is 0 Å². The maximum atomic E-state index is 8.95. The Morgan fingerprint density at radius 3 is 2.65 bits per heavy atom. The van der Waals surface area contributed by atoms with Gasteiger partial charge in [0.25, 0.3) is 0 Å². The Balaban J connectivity index is 2.08. The van der Waals surface area contributed by atoms with Gasteiger partial charge in [-0.1, -0.05) is 23.7 Å². The first-order valence-corrected chi connectivity index (χ1v) is 6.35. The Bertz CT molecular complexity index is 609. The molecular formula is C14H13ClN4O. The van der Waals surface area contributed by atoms with Crippen LogP contribution in [0.1, 0.15) is 17.4 Å². The zero-order valence-electron chi connectivity index (χ0n) is 10.9. The smallest absolute Gasteiger partial charge is 0.182 e. The highest BCUT2D eigenvalue weighted by atomic mass is 35.5. The maximum absolute atomic E-state index is 8.95. The van der Waals surface area contributed by atoms with Gasteiger partial charge in [-0.15, -0.1) is 0 Å². The van der Waals surface area contributed by atoms with E-state index in [0.29, 0.717) is 17.4 Å². The first-order chi connectivity index (χ1) is 9.74. The molecule has 0 saturated heterocycles. The highest BCUT2D eigenvalue weighted by Crippen LogP contribution is 2.20. The SMILES string of the molecule is CO[C@H](CNc1nccnc1C#N)c1ccc(Cl)cc1. The Kier molecular flexibility index (Phi) is 4.88. The molecule has 1 aromatic carbocycles. The van der Waals surface area contributed by atoms with Gasteiger partial charge in [-0.3, -0.25) is 0 Å². The van der Waals surface area contributed by atoms with Crippen LogP contribution in [0.3, 0.4) is 0 Å². The van der Waals surface area contributed by atoms with Crippen molar-refractivity contribution in [1.82, 2.24) is 9.97 Å². The van der Waals surface area contributed by atoms with Gasteiger partial charge in [-0.2, -0.15) is 5.26 Å². The van der Waals surface area contributed by atoms with Gasteiger partial charge in [-0.25, -0.2) is 9.97 Å². The van der Waals surface area contributed by atoms with Gasteiger partial charge in [0.1, 0.15) is 6.07 Å². The van der Waals surface area contributed by atoms with Crippen molar-refractivity contribution in [2.24, 2.45) is 0 Å². The van der Waals surface area contributed by atoms with Crippen molar-refractivity contribution >= 4 is 17.4 Å². The van der Waals surface area contributed by atoms with Crippen molar-refractivity contribution in [1.29, 1.82) is 5.26 Å². The number of hydrogen-bond donors (Lipinski definition) is 1. The van der Waals surface area contributed by atoms with E-state index in [4.69, 9.17) is 21.6 Å². The van der Waals surface area contributed by atoms with Crippen LogP contribution in [-0.2, 0) is 4.74 Å². The van der Waals surface area contributed by atoms with Crippen molar-refractivity contribution in [3.63, 3.8) is 0 Å². The van der Waals surface area contributed by atoms with E-state index in [1.807, 2.05) is 30.3 Å². The molecule has 0 aliphatic heterocycles. The lowest BCUT2D eigenvalue weighted by Crippen LogP contribution is -2.16. The summed E-state index contributed by atoms with van der Waals surface area (Å²) in [5.74, 6) is 0.450. The van der Waals surface area contributed by atoms with E-state index in [-0.39, 0.29) is 11.8 Å². The van der Waals surface area contributed by atoms with Crippen LogP contribution >= 0.6 is 11.6 Å². The second kappa shape index (κ2) is 6.85. The van der Waals surface area contributed by atoms with Crippen LogP contribution in [0.2, 0.25) is 5.02 Å². The van der Waals surface area contributed by atoms with Gasteiger partial charge < -0.3 is 10.1 Å². The lowest BCUT2D eigenvalue weighted by Gasteiger charge is -2.17. The Morgan fingerprint density at radius 1 is 1.30 bits per heavy atom. The normalized spacial score (nSPS) is 11.7. The summed E-state index contributed by atoms with van der Waals surface area (Å²) >= 11 is 5.86. The molecule has 2 aromatic rings. The van der Waals surface area contributed by atoms with E-state index >= 15 is 0 Å². The molecule has 0 spiro atoms. The summed E-state index contributed by atoms with van der Waals surface area (Å²) in [6.07, 6.45) is 2.85. The highest BCUT2D eigenvalue weighted by Gasteiger charge is 2.12. The van der Waals surface area contributed by atoms with Gasteiger partial charge in [0.05, 0.1) is 6.10 Å². The van der Waals surface area contributed by atoms with Crippen LogP contribution < -0.4 is 5.32 Å².